The van der Waals surface area contributed by atoms with Crippen molar-refractivity contribution in [1.29, 1.82) is 0 Å². The maximum absolute atomic E-state index is 12.5. The van der Waals surface area contributed by atoms with Crippen LogP contribution in [0.1, 0.15) is 33.9 Å². The van der Waals surface area contributed by atoms with Crippen molar-refractivity contribution in [3.05, 3.63) is 52.0 Å². The lowest BCUT2D eigenvalue weighted by Gasteiger charge is -2.31. The van der Waals surface area contributed by atoms with E-state index in [2.05, 4.69) is 27.3 Å². The van der Waals surface area contributed by atoms with E-state index in [0.717, 1.165) is 37.4 Å². The fraction of sp³-hybridized carbons (Fsp3) is 0.474. The molecule has 1 amide bonds. The molecule has 27 heavy (non-hydrogen) atoms. The fourth-order valence-electron chi connectivity index (χ4n) is 3.12. The van der Waals surface area contributed by atoms with Gasteiger partial charge in [-0.25, -0.2) is 13.4 Å². The predicted molar refractivity (Wildman–Crippen MR) is 108 cm³/mol. The third-order valence-corrected chi connectivity index (χ3v) is 6.46. The van der Waals surface area contributed by atoms with Gasteiger partial charge in [-0.3, -0.25) is 4.79 Å². The van der Waals surface area contributed by atoms with Gasteiger partial charge in [0.2, 0.25) is 0 Å². The van der Waals surface area contributed by atoms with E-state index in [9.17, 15) is 13.2 Å². The topological polar surface area (TPSA) is 79.4 Å². The SMILES string of the molecule is CS(=O)(=O)CCN1CCC(NC(=O)c2csc(Cc3ccccc3)n2)CC1. The summed E-state index contributed by atoms with van der Waals surface area (Å²) >= 11 is 1.51. The summed E-state index contributed by atoms with van der Waals surface area (Å²) in [4.78, 5) is 19.1. The van der Waals surface area contributed by atoms with Crippen molar-refractivity contribution in [2.75, 3.05) is 31.6 Å². The van der Waals surface area contributed by atoms with Gasteiger partial charge in [-0.2, -0.15) is 0 Å². The number of hydrogen-bond donors (Lipinski definition) is 1. The molecule has 1 aliphatic rings. The zero-order chi connectivity index (χ0) is 19.3. The average Bonchev–Trinajstić information content (AvgIpc) is 3.10. The Morgan fingerprint density at radius 2 is 1.96 bits per heavy atom. The summed E-state index contributed by atoms with van der Waals surface area (Å²) in [6.45, 7) is 2.17. The Morgan fingerprint density at radius 1 is 1.26 bits per heavy atom. The molecule has 2 aromatic rings. The van der Waals surface area contributed by atoms with Crippen LogP contribution in [0.2, 0.25) is 0 Å². The molecule has 1 aliphatic heterocycles. The first-order chi connectivity index (χ1) is 12.9. The first kappa shape index (κ1) is 20.0. The van der Waals surface area contributed by atoms with Crippen molar-refractivity contribution in [1.82, 2.24) is 15.2 Å². The third kappa shape index (κ3) is 6.41. The van der Waals surface area contributed by atoms with Gasteiger partial charge >= 0.3 is 0 Å². The van der Waals surface area contributed by atoms with E-state index in [1.165, 1.54) is 23.2 Å². The Kier molecular flexibility index (Phi) is 6.62. The normalized spacial score (nSPS) is 16.3. The maximum atomic E-state index is 12.5. The van der Waals surface area contributed by atoms with Crippen molar-refractivity contribution in [3.63, 3.8) is 0 Å². The number of aromatic nitrogens is 1. The Hall–Kier alpha value is -1.77. The molecular weight excluding hydrogens is 382 g/mol. The molecule has 1 N–H and O–H groups in total. The molecule has 2 heterocycles. The highest BCUT2D eigenvalue weighted by Crippen LogP contribution is 2.16. The van der Waals surface area contributed by atoms with Crippen LogP contribution in [-0.2, 0) is 16.3 Å². The van der Waals surface area contributed by atoms with Crippen LogP contribution in [0, 0.1) is 0 Å². The van der Waals surface area contributed by atoms with Crippen LogP contribution in [0.4, 0.5) is 0 Å². The summed E-state index contributed by atoms with van der Waals surface area (Å²) < 4.78 is 22.5. The lowest BCUT2D eigenvalue weighted by molar-refractivity contribution is 0.0908. The minimum atomic E-state index is -2.93. The Bertz CT molecular complexity index is 857. The average molecular weight is 408 g/mol. The standard InChI is InChI=1S/C19H25N3O3S2/c1-27(24,25)12-11-22-9-7-16(8-10-22)20-19(23)17-14-26-18(21-17)13-15-5-3-2-4-6-15/h2-6,14,16H,7-13H2,1H3,(H,20,23). The van der Waals surface area contributed by atoms with Crippen LogP contribution in [0.25, 0.3) is 0 Å². The molecule has 1 saturated heterocycles. The lowest BCUT2D eigenvalue weighted by atomic mass is 10.1. The van der Waals surface area contributed by atoms with Gasteiger partial charge in [-0.15, -0.1) is 11.3 Å². The Morgan fingerprint density at radius 3 is 2.63 bits per heavy atom. The van der Waals surface area contributed by atoms with E-state index in [1.54, 1.807) is 0 Å². The number of carbonyl (C=O) groups excluding carboxylic acids is 1. The molecule has 0 aliphatic carbocycles. The summed E-state index contributed by atoms with van der Waals surface area (Å²) in [5.74, 6) is 0.0627. The highest BCUT2D eigenvalue weighted by atomic mass is 32.2. The molecule has 1 aromatic heterocycles. The van der Waals surface area contributed by atoms with E-state index in [-0.39, 0.29) is 17.7 Å². The number of hydrogen-bond acceptors (Lipinski definition) is 6. The van der Waals surface area contributed by atoms with Crippen molar-refractivity contribution in [3.8, 4) is 0 Å². The second-order valence-electron chi connectivity index (χ2n) is 7.01. The first-order valence-corrected chi connectivity index (χ1v) is 12.0. The molecule has 0 saturated carbocycles. The second-order valence-corrected chi connectivity index (χ2v) is 10.2. The lowest BCUT2D eigenvalue weighted by Crippen LogP contribution is -2.45. The van der Waals surface area contributed by atoms with Crippen LogP contribution < -0.4 is 5.32 Å². The number of carbonyl (C=O) groups is 1. The monoisotopic (exact) mass is 407 g/mol. The summed E-state index contributed by atoms with van der Waals surface area (Å²) in [6, 6.07) is 10.2. The Balaban J connectivity index is 1.46. The minimum absolute atomic E-state index is 0.117. The quantitative estimate of drug-likeness (QED) is 0.759. The molecule has 3 rings (SSSR count). The zero-order valence-electron chi connectivity index (χ0n) is 15.4. The Labute approximate surface area is 164 Å². The third-order valence-electron chi connectivity index (χ3n) is 4.68. The maximum Gasteiger partial charge on any atom is 0.270 e. The fourth-order valence-corrected chi connectivity index (χ4v) is 4.52. The summed E-state index contributed by atoms with van der Waals surface area (Å²) in [5.41, 5.74) is 1.66. The number of sulfone groups is 1. The van der Waals surface area contributed by atoms with Gasteiger partial charge in [0, 0.05) is 43.7 Å². The molecule has 6 nitrogen and oxygen atoms in total. The van der Waals surface area contributed by atoms with Crippen LogP contribution >= 0.6 is 11.3 Å². The van der Waals surface area contributed by atoms with Crippen molar-refractivity contribution < 1.29 is 13.2 Å². The number of likely N-dealkylation sites (tertiary alicyclic amines) is 1. The number of nitrogens with zero attached hydrogens (tertiary/aromatic N) is 2. The van der Waals surface area contributed by atoms with Gasteiger partial charge in [-0.05, 0) is 18.4 Å². The van der Waals surface area contributed by atoms with Crippen molar-refractivity contribution in [2.45, 2.75) is 25.3 Å². The first-order valence-electron chi connectivity index (χ1n) is 9.08. The van der Waals surface area contributed by atoms with E-state index in [4.69, 9.17) is 0 Å². The molecule has 8 heteroatoms. The van der Waals surface area contributed by atoms with Crippen molar-refractivity contribution in [2.24, 2.45) is 0 Å². The zero-order valence-corrected chi connectivity index (χ0v) is 17.1. The van der Waals surface area contributed by atoms with E-state index >= 15 is 0 Å². The van der Waals surface area contributed by atoms with Crippen LogP contribution in [-0.4, -0.2) is 61.9 Å². The summed E-state index contributed by atoms with van der Waals surface area (Å²) in [7, 11) is -2.93. The van der Waals surface area contributed by atoms with Gasteiger partial charge in [-0.1, -0.05) is 30.3 Å². The smallest absolute Gasteiger partial charge is 0.270 e. The molecule has 0 spiro atoms. The summed E-state index contributed by atoms with van der Waals surface area (Å²) in [5, 5.41) is 5.81. The molecule has 146 valence electrons. The van der Waals surface area contributed by atoms with Gasteiger partial charge in [0.15, 0.2) is 0 Å². The molecule has 1 fully saturated rings. The van der Waals surface area contributed by atoms with Gasteiger partial charge in [0.1, 0.15) is 15.5 Å². The molecule has 1 aromatic carbocycles. The highest BCUT2D eigenvalue weighted by molar-refractivity contribution is 7.90. The van der Waals surface area contributed by atoms with Gasteiger partial charge < -0.3 is 10.2 Å². The molecule has 0 bridgehead atoms. The summed E-state index contributed by atoms with van der Waals surface area (Å²) in [6.07, 6.45) is 3.66. The van der Waals surface area contributed by atoms with Gasteiger partial charge in [0.05, 0.1) is 10.8 Å². The van der Waals surface area contributed by atoms with E-state index < -0.39 is 9.84 Å². The van der Waals surface area contributed by atoms with Crippen LogP contribution in [0.5, 0.6) is 0 Å². The number of thiazole rings is 1. The number of nitrogens with one attached hydrogen (secondary N) is 1. The number of rotatable bonds is 7. The number of piperidine rings is 1. The number of amides is 1. The molecule has 0 radical (unpaired) electrons. The predicted octanol–water partition coefficient (Wildman–Crippen LogP) is 1.97. The van der Waals surface area contributed by atoms with Crippen LogP contribution in [0.3, 0.4) is 0 Å². The molecular formula is C19H25N3O3S2. The highest BCUT2D eigenvalue weighted by Gasteiger charge is 2.22. The second kappa shape index (κ2) is 8.95. The minimum Gasteiger partial charge on any atom is -0.348 e. The van der Waals surface area contributed by atoms with Gasteiger partial charge in [0.25, 0.3) is 5.91 Å². The largest absolute Gasteiger partial charge is 0.348 e. The van der Waals surface area contributed by atoms with E-state index in [1.807, 2.05) is 23.6 Å². The van der Waals surface area contributed by atoms with Crippen molar-refractivity contribution >= 4 is 27.1 Å². The van der Waals surface area contributed by atoms with E-state index in [0.29, 0.717) is 12.2 Å². The number of benzene rings is 1. The van der Waals surface area contributed by atoms with Crippen LogP contribution in [0.15, 0.2) is 35.7 Å². The molecule has 0 atom stereocenters. The molecule has 0 unspecified atom stereocenters.